The lowest BCUT2D eigenvalue weighted by atomic mass is 9.73. The molecule has 5 nitrogen and oxygen atoms in total. The van der Waals surface area contributed by atoms with Gasteiger partial charge in [-0.1, -0.05) is 61.7 Å². The SMILES string of the molecule is O[C@](c1ccccc1)(c1ncc(C[N+]23CCC(CC2)[C@@H](OCc2ccc(F)cc2)C3)o1)C1CCCCC1. The molecule has 4 fully saturated rings. The average Bonchev–Trinajstić information content (AvgIpc) is 3.42. The zero-order chi connectivity index (χ0) is 25.3. The smallest absolute Gasteiger partial charge is 0.231 e. The summed E-state index contributed by atoms with van der Waals surface area (Å²) in [5.74, 6) is 1.76. The molecule has 1 saturated carbocycles. The maximum absolute atomic E-state index is 13.3. The molecular weight excluding hydrogens is 467 g/mol. The van der Waals surface area contributed by atoms with Gasteiger partial charge in [-0.25, -0.2) is 9.37 Å². The molecule has 2 bridgehead atoms. The highest BCUT2D eigenvalue weighted by Crippen LogP contribution is 2.44. The normalized spacial score (nSPS) is 27.7. The summed E-state index contributed by atoms with van der Waals surface area (Å²) in [6.45, 7) is 4.46. The van der Waals surface area contributed by atoms with Crippen LogP contribution in [0.1, 0.15) is 67.7 Å². The van der Waals surface area contributed by atoms with Crippen molar-refractivity contribution in [1.29, 1.82) is 0 Å². The molecule has 1 N–H and O–H groups in total. The minimum atomic E-state index is -1.20. The number of hydrogen-bond acceptors (Lipinski definition) is 4. The van der Waals surface area contributed by atoms with Crippen LogP contribution in [0.25, 0.3) is 0 Å². The Labute approximate surface area is 218 Å². The number of nitrogens with zero attached hydrogens (tertiary/aromatic N) is 2. The van der Waals surface area contributed by atoms with Gasteiger partial charge in [-0.2, -0.15) is 0 Å². The van der Waals surface area contributed by atoms with Gasteiger partial charge in [0, 0.05) is 24.7 Å². The van der Waals surface area contributed by atoms with Crippen molar-refractivity contribution in [1.82, 2.24) is 4.98 Å². The molecule has 4 heterocycles. The number of aliphatic hydroxyl groups is 1. The summed E-state index contributed by atoms with van der Waals surface area (Å²) in [7, 11) is 0. The number of piperidine rings is 3. The van der Waals surface area contributed by atoms with Crippen LogP contribution in [-0.4, -0.2) is 40.3 Å². The zero-order valence-corrected chi connectivity index (χ0v) is 21.5. The van der Waals surface area contributed by atoms with E-state index in [1.165, 1.54) is 18.6 Å². The highest BCUT2D eigenvalue weighted by atomic mass is 19.1. The van der Waals surface area contributed by atoms with Crippen molar-refractivity contribution in [3.63, 3.8) is 0 Å². The van der Waals surface area contributed by atoms with Crippen LogP contribution in [0.5, 0.6) is 0 Å². The van der Waals surface area contributed by atoms with Crippen LogP contribution in [0.2, 0.25) is 0 Å². The van der Waals surface area contributed by atoms with E-state index in [0.29, 0.717) is 18.4 Å². The summed E-state index contributed by atoms with van der Waals surface area (Å²) < 4.78 is 27.0. The number of oxazole rings is 1. The maximum Gasteiger partial charge on any atom is 0.231 e. The second-order valence-electron chi connectivity index (χ2n) is 11.5. The van der Waals surface area contributed by atoms with Gasteiger partial charge in [-0.3, -0.25) is 0 Å². The summed E-state index contributed by atoms with van der Waals surface area (Å²) in [5.41, 5.74) is 0.679. The number of rotatable bonds is 8. The van der Waals surface area contributed by atoms with Crippen LogP contribution in [0, 0.1) is 17.7 Å². The minimum Gasteiger partial charge on any atom is -0.436 e. The summed E-state index contributed by atoms with van der Waals surface area (Å²) in [4.78, 5) is 4.70. The second-order valence-corrected chi connectivity index (χ2v) is 11.5. The van der Waals surface area contributed by atoms with Gasteiger partial charge in [0.1, 0.15) is 25.0 Å². The Bertz CT molecular complexity index is 1170. The third-order valence-corrected chi connectivity index (χ3v) is 9.20. The third-order valence-electron chi connectivity index (χ3n) is 9.20. The van der Waals surface area contributed by atoms with Gasteiger partial charge in [0.05, 0.1) is 25.9 Å². The Kier molecular flexibility index (Phi) is 6.91. The molecule has 0 radical (unpaired) electrons. The third kappa shape index (κ3) is 4.99. The fourth-order valence-corrected chi connectivity index (χ4v) is 7.05. The molecule has 3 aliphatic heterocycles. The van der Waals surface area contributed by atoms with Gasteiger partial charge in [0.25, 0.3) is 0 Å². The van der Waals surface area contributed by atoms with Crippen LogP contribution in [0.15, 0.2) is 65.2 Å². The lowest BCUT2D eigenvalue weighted by molar-refractivity contribution is -0.959. The predicted octanol–water partition coefficient (Wildman–Crippen LogP) is 5.96. The van der Waals surface area contributed by atoms with E-state index in [0.717, 1.165) is 86.1 Å². The van der Waals surface area contributed by atoms with E-state index in [2.05, 4.69) is 0 Å². The van der Waals surface area contributed by atoms with Gasteiger partial charge < -0.3 is 18.7 Å². The molecule has 4 aliphatic rings. The van der Waals surface area contributed by atoms with E-state index >= 15 is 0 Å². The Balaban J connectivity index is 1.19. The number of fused-ring (bicyclic) bond motifs is 3. The standard InChI is InChI=1S/C31H38FN2O3/c32-27-13-11-23(12-14-27)22-36-29-21-34(17-15-24(29)16-18-34)20-28-19-33-30(37-28)31(35,25-7-3-1-4-8-25)26-9-5-2-6-10-26/h1,3-4,7-8,11-14,19,24,26,29,35H,2,5-6,9-10,15-18,20-22H2/q+1/t24?,29-,31-,34?/m0/s1. The molecule has 1 aliphatic carbocycles. The van der Waals surface area contributed by atoms with Crippen molar-refractivity contribution in [3.05, 3.63) is 89.4 Å². The van der Waals surface area contributed by atoms with Crippen molar-refractivity contribution in [3.8, 4) is 0 Å². The molecule has 0 spiro atoms. The van der Waals surface area contributed by atoms with Crippen molar-refractivity contribution >= 4 is 0 Å². The molecule has 1 aromatic heterocycles. The van der Waals surface area contributed by atoms with Crippen molar-refractivity contribution in [2.45, 2.75) is 69.8 Å². The van der Waals surface area contributed by atoms with E-state index in [-0.39, 0.29) is 17.8 Å². The Morgan fingerprint density at radius 1 is 0.973 bits per heavy atom. The van der Waals surface area contributed by atoms with Crippen LogP contribution < -0.4 is 0 Å². The van der Waals surface area contributed by atoms with Crippen LogP contribution >= 0.6 is 0 Å². The molecule has 0 amide bonds. The Morgan fingerprint density at radius 3 is 2.43 bits per heavy atom. The minimum absolute atomic E-state index is 0.108. The van der Waals surface area contributed by atoms with E-state index in [4.69, 9.17) is 14.1 Å². The molecule has 196 valence electrons. The van der Waals surface area contributed by atoms with Gasteiger partial charge >= 0.3 is 0 Å². The number of ether oxygens (including phenoxy) is 1. The molecule has 7 rings (SSSR count). The van der Waals surface area contributed by atoms with Gasteiger partial charge in [-0.15, -0.1) is 0 Å². The molecule has 6 heteroatoms. The van der Waals surface area contributed by atoms with Gasteiger partial charge in [0.15, 0.2) is 11.4 Å². The van der Waals surface area contributed by atoms with Crippen LogP contribution in [0.3, 0.4) is 0 Å². The predicted molar refractivity (Wildman–Crippen MR) is 139 cm³/mol. The van der Waals surface area contributed by atoms with E-state index in [1.54, 1.807) is 12.1 Å². The van der Waals surface area contributed by atoms with Gasteiger partial charge in [-0.05, 0) is 36.1 Å². The van der Waals surface area contributed by atoms with E-state index in [9.17, 15) is 9.50 Å². The molecule has 37 heavy (non-hydrogen) atoms. The summed E-state index contributed by atoms with van der Waals surface area (Å²) in [6.07, 6.45) is 9.78. The number of aromatic nitrogens is 1. The maximum atomic E-state index is 13.3. The fraction of sp³-hybridized carbons (Fsp3) is 0.516. The van der Waals surface area contributed by atoms with E-state index < -0.39 is 5.60 Å². The highest BCUT2D eigenvalue weighted by molar-refractivity contribution is 5.30. The number of quaternary nitrogens is 1. The fourth-order valence-electron chi connectivity index (χ4n) is 7.05. The first-order valence-corrected chi connectivity index (χ1v) is 14.0. The molecular formula is C31H38FN2O3+. The number of hydrogen-bond donors (Lipinski definition) is 1. The van der Waals surface area contributed by atoms with Crippen LogP contribution in [0.4, 0.5) is 4.39 Å². The topological polar surface area (TPSA) is 55.5 Å². The summed E-state index contributed by atoms with van der Waals surface area (Å²) in [6, 6.07) is 16.5. The first-order valence-electron chi connectivity index (χ1n) is 14.0. The molecule has 3 aromatic rings. The van der Waals surface area contributed by atoms with Gasteiger partial charge in [0.2, 0.25) is 5.89 Å². The average molecular weight is 506 g/mol. The monoisotopic (exact) mass is 505 g/mol. The molecule has 2 aromatic carbocycles. The summed E-state index contributed by atoms with van der Waals surface area (Å²) in [5, 5.41) is 12.2. The van der Waals surface area contributed by atoms with E-state index in [1.807, 2.05) is 36.5 Å². The first-order chi connectivity index (χ1) is 18.0. The van der Waals surface area contributed by atoms with Crippen LogP contribution in [-0.2, 0) is 23.5 Å². The summed E-state index contributed by atoms with van der Waals surface area (Å²) >= 11 is 0. The first kappa shape index (κ1) is 24.8. The number of halogens is 1. The lowest BCUT2D eigenvalue weighted by Crippen LogP contribution is -2.63. The molecule has 0 unspecified atom stereocenters. The zero-order valence-electron chi connectivity index (χ0n) is 21.5. The van der Waals surface area contributed by atoms with Crippen molar-refractivity contribution in [2.24, 2.45) is 11.8 Å². The second kappa shape index (κ2) is 10.3. The molecule has 2 atom stereocenters. The highest BCUT2D eigenvalue weighted by Gasteiger charge is 2.48. The largest absolute Gasteiger partial charge is 0.436 e. The van der Waals surface area contributed by atoms with Crippen molar-refractivity contribution in [2.75, 3.05) is 19.6 Å². The molecule has 3 saturated heterocycles. The quantitative estimate of drug-likeness (QED) is 0.384. The van der Waals surface area contributed by atoms with Crippen molar-refractivity contribution < 1.29 is 23.1 Å². The lowest BCUT2D eigenvalue weighted by Gasteiger charge is -2.52. The Morgan fingerprint density at radius 2 is 1.70 bits per heavy atom. The Hall–Kier alpha value is -2.54. The number of benzene rings is 2.